The van der Waals surface area contributed by atoms with Crippen molar-refractivity contribution < 1.29 is 14.4 Å². The van der Waals surface area contributed by atoms with Gasteiger partial charge in [0.25, 0.3) is 0 Å². The van der Waals surface area contributed by atoms with Crippen LogP contribution in [0.15, 0.2) is 0 Å². The summed E-state index contributed by atoms with van der Waals surface area (Å²) in [5.41, 5.74) is 4.18. The van der Waals surface area contributed by atoms with Crippen LogP contribution in [0.5, 0.6) is 0 Å². The van der Waals surface area contributed by atoms with E-state index in [1.165, 1.54) is 0 Å². The quantitative estimate of drug-likeness (QED) is 0.495. The predicted molar refractivity (Wildman–Crippen MR) is 136 cm³/mol. The number of ketones is 2. The van der Waals surface area contributed by atoms with Gasteiger partial charge < -0.3 is 16.4 Å². The first-order chi connectivity index (χ1) is 13.9. The number of hydrogen-bond donors (Lipinski definition) is 3. The Balaban J connectivity index is 0. The first-order valence-corrected chi connectivity index (χ1v) is 11.8. The normalized spacial score (nSPS) is 15.8. The molecule has 32 heavy (non-hydrogen) atoms. The molecule has 0 aliphatic carbocycles. The van der Waals surface area contributed by atoms with Gasteiger partial charge >= 0.3 is 0 Å². The van der Waals surface area contributed by atoms with Crippen molar-refractivity contribution in [1.29, 1.82) is 0 Å². The molecule has 0 saturated carbocycles. The summed E-state index contributed by atoms with van der Waals surface area (Å²) in [5.74, 6) is 0.253. The lowest BCUT2D eigenvalue weighted by molar-refractivity contribution is -0.131. The molecule has 0 rings (SSSR count). The van der Waals surface area contributed by atoms with Crippen molar-refractivity contribution in [3.8, 4) is 0 Å². The van der Waals surface area contributed by atoms with E-state index in [1.807, 2.05) is 62.3 Å². The Kier molecular flexibility index (Phi) is 12.6. The van der Waals surface area contributed by atoms with Gasteiger partial charge in [-0.15, -0.1) is 0 Å². The molecule has 1 amide bonds. The fourth-order valence-electron chi connectivity index (χ4n) is 3.09. The molecule has 0 saturated heterocycles. The van der Waals surface area contributed by atoms with Crippen LogP contribution in [0.25, 0.3) is 0 Å². The van der Waals surface area contributed by atoms with Gasteiger partial charge in [0.1, 0.15) is 0 Å². The lowest BCUT2D eigenvalue weighted by atomic mass is 9.80. The van der Waals surface area contributed by atoms with E-state index in [2.05, 4.69) is 45.3 Å². The largest absolute Gasteiger partial charge is 0.370 e. The van der Waals surface area contributed by atoms with Crippen LogP contribution in [0.3, 0.4) is 0 Å². The molecule has 0 aliphatic heterocycles. The highest BCUT2D eigenvalue weighted by molar-refractivity contribution is 5.92. The zero-order valence-electron chi connectivity index (χ0n) is 23.4. The minimum Gasteiger partial charge on any atom is -0.370 e. The number of carbonyl (C=O) groups is 3. The number of nitrogens with one attached hydrogen (secondary N) is 2. The standard InChI is InChI=1S/C14H29NO.C12H24N2O2/c1-9-10(2)11(15-14(6,7)8)12(16)13(3,4)5;1-11(2,3)10(16)8(7-9(13)15)14-12(4,5)6/h10-11,15H,9H2,1-8H3;8,14H,7H2,1-6H3,(H2,13,15). The average molecular weight is 456 g/mol. The Labute approximate surface area is 198 Å². The molecule has 0 spiro atoms. The summed E-state index contributed by atoms with van der Waals surface area (Å²) in [5, 5.41) is 6.61. The summed E-state index contributed by atoms with van der Waals surface area (Å²) in [7, 11) is 0. The second kappa shape index (κ2) is 12.3. The summed E-state index contributed by atoms with van der Waals surface area (Å²) in [4.78, 5) is 35.4. The van der Waals surface area contributed by atoms with E-state index in [-0.39, 0.29) is 34.7 Å². The Morgan fingerprint density at radius 3 is 1.34 bits per heavy atom. The maximum Gasteiger partial charge on any atom is 0.219 e. The van der Waals surface area contributed by atoms with Gasteiger partial charge in [-0.05, 0) is 47.5 Å². The van der Waals surface area contributed by atoms with Crippen LogP contribution in [0.4, 0.5) is 0 Å². The molecule has 0 aromatic heterocycles. The number of carbonyl (C=O) groups excluding carboxylic acids is 3. The second-order valence-electron chi connectivity index (χ2n) is 13.1. The van der Waals surface area contributed by atoms with Crippen molar-refractivity contribution in [2.45, 2.75) is 133 Å². The molecule has 0 radical (unpaired) electrons. The summed E-state index contributed by atoms with van der Waals surface area (Å²) < 4.78 is 0. The van der Waals surface area contributed by atoms with E-state index in [4.69, 9.17) is 5.73 Å². The summed E-state index contributed by atoms with van der Waals surface area (Å²) >= 11 is 0. The molecule has 3 unspecified atom stereocenters. The van der Waals surface area contributed by atoms with E-state index in [1.54, 1.807) is 0 Å². The van der Waals surface area contributed by atoms with Crippen molar-refractivity contribution in [2.75, 3.05) is 0 Å². The van der Waals surface area contributed by atoms with Crippen molar-refractivity contribution in [2.24, 2.45) is 22.5 Å². The first-order valence-electron chi connectivity index (χ1n) is 11.8. The molecule has 6 heteroatoms. The molecule has 0 aromatic carbocycles. The van der Waals surface area contributed by atoms with Crippen LogP contribution in [0.1, 0.15) is 110 Å². The van der Waals surface area contributed by atoms with E-state index >= 15 is 0 Å². The lowest BCUT2D eigenvalue weighted by Gasteiger charge is -2.35. The van der Waals surface area contributed by atoms with Gasteiger partial charge in [0.2, 0.25) is 5.91 Å². The van der Waals surface area contributed by atoms with Crippen LogP contribution >= 0.6 is 0 Å². The fraction of sp³-hybridized carbons (Fsp3) is 0.885. The van der Waals surface area contributed by atoms with Gasteiger partial charge in [0.15, 0.2) is 11.6 Å². The number of amides is 1. The summed E-state index contributed by atoms with van der Waals surface area (Å²) in [6.07, 6.45) is 1.07. The summed E-state index contributed by atoms with van der Waals surface area (Å²) in [6, 6.07) is -0.539. The van der Waals surface area contributed by atoms with Crippen LogP contribution in [0, 0.1) is 16.7 Å². The SMILES string of the molecule is CC(C)(C)NC(CC(N)=O)C(=O)C(C)(C)C.CCC(C)C(NC(C)(C)C)C(=O)C(C)(C)C. The third kappa shape index (κ3) is 14.7. The molecule has 190 valence electrons. The zero-order valence-corrected chi connectivity index (χ0v) is 23.4. The highest BCUT2D eigenvalue weighted by atomic mass is 16.1. The Hall–Kier alpha value is -1.27. The molecule has 0 aromatic rings. The number of rotatable bonds is 8. The molecule has 0 fully saturated rings. The second-order valence-corrected chi connectivity index (χ2v) is 13.1. The molecular formula is C26H53N3O3. The molecule has 6 nitrogen and oxygen atoms in total. The fourth-order valence-corrected chi connectivity index (χ4v) is 3.09. The molecule has 4 N–H and O–H groups in total. The minimum absolute atomic E-state index is 0.0150. The Morgan fingerprint density at radius 2 is 1.09 bits per heavy atom. The van der Waals surface area contributed by atoms with Gasteiger partial charge in [0.05, 0.1) is 12.1 Å². The smallest absolute Gasteiger partial charge is 0.219 e. The van der Waals surface area contributed by atoms with Gasteiger partial charge in [-0.25, -0.2) is 0 Å². The maximum absolute atomic E-state index is 12.4. The van der Waals surface area contributed by atoms with Gasteiger partial charge in [-0.3, -0.25) is 14.4 Å². The Morgan fingerprint density at radius 1 is 0.719 bits per heavy atom. The minimum atomic E-state index is -0.502. The van der Waals surface area contributed by atoms with Gasteiger partial charge in [0, 0.05) is 28.3 Å². The maximum atomic E-state index is 12.4. The third-order valence-corrected chi connectivity index (χ3v) is 4.89. The topological polar surface area (TPSA) is 101 Å². The molecule has 3 atom stereocenters. The third-order valence-electron chi connectivity index (χ3n) is 4.89. The van der Waals surface area contributed by atoms with Crippen molar-refractivity contribution >= 4 is 17.5 Å². The predicted octanol–water partition coefficient (Wildman–Crippen LogP) is 4.64. The Bertz CT molecular complexity index is 614. The van der Waals surface area contributed by atoms with Crippen LogP contribution in [0.2, 0.25) is 0 Å². The lowest BCUT2D eigenvalue weighted by Crippen LogP contribution is -2.53. The van der Waals surface area contributed by atoms with Gasteiger partial charge in [-0.2, -0.15) is 0 Å². The number of nitrogens with two attached hydrogens (primary N) is 1. The average Bonchev–Trinajstić information content (AvgIpc) is 2.53. The summed E-state index contributed by atoms with van der Waals surface area (Å²) in [6.45, 7) is 28.0. The number of hydrogen-bond acceptors (Lipinski definition) is 5. The molecule has 0 heterocycles. The van der Waals surface area contributed by atoms with E-state index < -0.39 is 17.4 Å². The van der Waals surface area contributed by atoms with Crippen molar-refractivity contribution in [3.63, 3.8) is 0 Å². The van der Waals surface area contributed by atoms with Crippen LogP contribution < -0.4 is 16.4 Å². The van der Waals surface area contributed by atoms with Crippen LogP contribution in [-0.2, 0) is 14.4 Å². The van der Waals surface area contributed by atoms with Crippen LogP contribution in [-0.4, -0.2) is 40.6 Å². The number of Topliss-reactive ketones (excluding diaryl/α,β-unsaturated/α-hetero) is 2. The molecular weight excluding hydrogens is 402 g/mol. The highest BCUT2D eigenvalue weighted by Gasteiger charge is 2.35. The van der Waals surface area contributed by atoms with E-state index in [9.17, 15) is 14.4 Å². The highest BCUT2D eigenvalue weighted by Crippen LogP contribution is 2.23. The zero-order chi connectivity index (χ0) is 26.3. The monoisotopic (exact) mass is 455 g/mol. The molecule has 0 aliphatic rings. The van der Waals surface area contributed by atoms with Crippen molar-refractivity contribution in [3.05, 3.63) is 0 Å². The number of primary amides is 1. The van der Waals surface area contributed by atoms with E-state index in [0.717, 1.165) is 6.42 Å². The first kappa shape index (κ1) is 32.9. The van der Waals surface area contributed by atoms with Gasteiger partial charge in [-0.1, -0.05) is 61.8 Å². The molecule has 0 bridgehead atoms. The van der Waals surface area contributed by atoms with E-state index in [0.29, 0.717) is 11.7 Å². The van der Waals surface area contributed by atoms with Crippen molar-refractivity contribution in [1.82, 2.24) is 10.6 Å².